The van der Waals surface area contributed by atoms with Gasteiger partial charge in [0.25, 0.3) is 0 Å². The van der Waals surface area contributed by atoms with Gasteiger partial charge in [-0.3, -0.25) is 4.79 Å². The van der Waals surface area contributed by atoms with Gasteiger partial charge in [-0.1, -0.05) is 17.3 Å². The van der Waals surface area contributed by atoms with Crippen molar-refractivity contribution in [3.63, 3.8) is 0 Å². The lowest BCUT2D eigenvalue weighted by molar-refractivity contribution is -0.124. The standard InChI is InChI=1S/C19H22N2O2/c22-17(20-18-15-3-1-2-4-16(15)23-21-18)11-19-8-12-5-13(9-19)7-14(6-12)10-19/h1-4,12-14H,5-11H2,(H,20,21,22). The van der Waals surface area contributed by atoms with E-state index in [1.165, 1.54) is 38.5 Å². The summed E-state index contributed by atoms with van der Waals surface area (Å²) in [5, 5.41) is 7.90. The minimum absolute atomic E-state index is 0.103. The Bertz CT molecular complexity index is 728. The maximum Gasteiger partial charge on any atom is 0.226 e. The summed E-state index contributed by atoms with van der Waals surface area (Å²) >= 11 is 0. The summed E-state index contributed by atoms with van der Waals surface area (Å²) in [7, 11) is 0. The van der Waals surface area contributed by atoms with E-state index in [1.54, 1.807) is 0 Å². The molecule has 23 heavy (non-hydrogen) atoms. The molecule has 4 nitrogen and oxygen atoms in total. The molecule has 1 amide bonds. The minimum atomic E-state index is 0.103. The van der Waals surface area contributed by atoms with E-state index >= 15 is 0 Å². The van der Waals surface area contributed by atoms with E-state index in [0.29, 0.717) is 12.2 Å². The second-order valence-corrected chi connectivity index (χ2v) is 8.17. The minimum Gasteiger partial charge on any atom is -0.354 e. The highest BCUT2D eigenvalue weighted by atomic mass is 16.5. The number of rotatable bonds is 3. The van der Waals surface area contributed by atoms with Crippen LogP contribution in [0.25, 0.3) is 11.0 Å². The quantitative estimate of drug-likeness (QED) is 0.915. The lowest BCUT2D eigenvalue weighted by atomic mass is 9.49. The molecule has 0 aliphatic heterocycles. The first-order valence-corrected chi connectivity index (χ1v) is 8.83. The van der Waals surface area contributed by atoms with Crippen molar-refractivity contribution < 1.29 is 9.32 Å². The molecule has 4 heteroatoms. The van der Waals surface area contributed by atoms with E-state index in [0.717, 1.165) is 28.7 Å². The average molecular weight is 310 g/mol. The predicted octanol–water partition coefficient (Wildman–Crippen LogP) is 4.37. The number of amides is 1. The zero-order valence-corrected chi connectivity index (χ0v) is 13.3. The highest BCUT2D eigenvalue weighted by Crippen LogP contribution is 2.61. The van der Waals surface area contributed by atoms with Gasteiger partial charge in [0, 0.05) is 6.42 Å². The van der Waals surface area contributed by atoms with Gasteiger partial charge in [-0.25, -0.2) is 0 Å². The molecule has 2 aromatic rings. The van der Waals surface area contributed by atoms with Crippen molar-refractivity contribution >= 4 is 22.7 Å². The summed E-state index contributed by atoms with van der Waals surface area (Å²) < 4.78 is 5.28. The number of hydrogen-bond donors (Lipinski definition) is 1. The molecule has 0 saturated heterocycles. The normalized spacial score (nSPS) is 34.9. The van der Waals surface area contributed by atoms with Crippen LogP contribution in [0.5, 0.6) is 0 Å². The highest BCUT2D eigenvalue weighted by Gasteiger charge is 2.51. The first-order valence-electron chi connectivity index (χ1n) is 8.83. The third-order valence-corrected chi connectivity index (χ3v) is 6.34. The van der Waals surface area contributed by atoms with Crippen LogP contribution in [0.3, 0.4) is 0 Å². The first-order chi connectivity index (χ1) is 11.2. The Hall–Kier alpha value is -1.84. The third-order valence-electron chi connectivity index (χ3n) is 6.34. The Morgan fingerprint density at radius 3 is 2.48 bits per heavy atom. The Kier molecular flexibility index (Phi) is 2.85. The van der Waals surface area contributed by atoms with E-state index in [2.05, 4.69) is 10.5 Å². The van der Waals surface area contributed by atoms with Gasteiger partial charge in [-0.05, 0) is 73.8 Å². The molecule has 1 aromatic carbocycles. The number of aromatic nitrogens is 1. The van der Waals surface area contributed by atoms with Crippen LogP contribution in [-0.2, 0) is 4.79 Å². The number of carbonyl (C=O) groups excluding carboxylic acids is 1. The number of fused-ring (bicyclic) bond motifs is 1. The molecule has 0 unspecified atom stereocenters. The number of hydrogen-bond acceptors (Lipinski definition) is 3. The summed E-state index contributed by atoms with van der Waals surface area (Å²) in [4.78, 5) is 12.6. The molecule has 4 saturated carbocycles. The largest absolute Gasteiger partial charge is 0.354 e. The molecule has 1 heterocycles. The summed E-state index contributed by atoms with van der Waals surface area (Å²) in [6.07, 6.45) is 8.65. The van der Waals surface area contributed by atoms with E-state index in [1.807, 2.05) is 24.3 Å². The van der Waals surface area contributed by atoms with Crippen molar-refractivity contribution in [2.45, 2.75) is 44.9 Å². The Labute approximate surface area is 135 Å². The molecule has 4 fully saturated rings. The van der Waals surface area contributed by atoms with Crippen molar-refractivity contribution in [1.29, 1.82) is 0 Å². The van der Waals surface area contributed by atoms with Gasteiger partial charge in [-0.15, -0.1) is 0 Å². The smallest absolute Gasteiger partial charge is 0.226 e. The monoisotopic (exact) mass is 310 g/mol. The van der Waals surface area contributed by atoms with Crippen LogP contribution in [0.1, 0.15) is 44.9 Å². The maximum atomic E-state index is 12.6. The van der Waals surface area contributed by atoms with Crippen molar-refractivity contribution in [3.05, 3.63) is 24.3 Å². The van der Waals surface area contributed by atoms with Crippen molar-refractivity contribution in [2.75, 3.05) is 5.32 Å². The van der Waals surface area contributed by atoms with Crippen molar-refractivity contribution in [1.82, 2.24) is 5.16 Å². The molecule has 1 aromatic heterocycles. The molecule has 0 spiro atoms. The molecule has 0 atom stereocenters. The van der Waals surface area contributed by atoms with E-state index in [9.17, 15) is 4.79 Å². The van der Waals surface area contributed by atoms with Crippen molar-refractivity contribution in [2.24, 2.45) is 23.2 Å². The number of benzene rings is 1. The molecule has 120 valence electrons. The van der Waals surface area contributed by atoms with Crippen LogP contribution in [0.2, 0.25) is 0 Å². The fraction of sp³-hybridized carbons (Fsp3) is 0.579. The zero-order chi connectivity index (χ0) is 15.4. The van der Waals surface area contributed by atoms with E-state index in [4.69, 9.17) is 4.52 Å². The number of para-hydroxylation sites is 1. The predicted molar refractivity (Wildman–Crippen MR) is 87.9 cm³/mol. The van der Waals surface area contributed by atoms with Crippen LogP contribution >= 0.6 is 0 Å². The average Bonchev–Trinajstić information content (AvgIpc) is 2.88. The first kappa shape index (κ1) is 13.6. The molecular weight excluding hydrogens is 288 g/mol. The van der Waals surface area contributed by atoms with Crippen LogP contribution in [-0.4, -0.2) is 11.1 Å². The van der Waals surface area contributed by atoms with Crippen LogP contribution in [0, 0.1) is 23.2 Å². The molecular formula is C19H22N2O2. The molecule has 4 aliphatic rings. The topological polar surface area (TPSA) is 55.1 Å². The molecule has 4 bridgehead atoms. The summed E-state index contributed by atoms with van der Waals surface area (Å²) in [6.45, 7) is 0. The van der Waals surface area contributed by atoms with Crippen LogP contribution in [0.4, 0.5) is 5.82 Å². The van der Waals surface area contributed by atoms with Gasteiger partial charge in [0.05, 0.1) is 5.39 Å². The highest BCUT2D eigenvalue weighted by molar-refractivity contribution is 5.98. The number of anilines is 1. The lowest BCUT2D eigenvalue weighted by Gasteiger charge is -2.56. The van der Waals surface area contributed by atoms with Crippen LogP contribution < -0.4 is 5.32 Å². The van der Waals surface area contributed by atoms with E-state index < -0.39 is 0 Å². The van der Waals surface area contributed by atoms with Gasteiger partial charge < -0.3 is 9.84 Å². The van der Waals surface area contributed by atoms with Gasteiger partial charge in [0.2, 0.25) is 5.91 Å². The fourth-order valence-corrected chi connectivity index (χ4v) is 6.00. The third kappa shape index (κ3) is 2.27. The molecule has 1 N–H and O–H groups in total. The molecule has 0 radical (unpaired) electrons. The SMILES string of the molecule is O=C(CC12CC3CC(CC(C3)C1)C2)Nc1noc2ccccc12. The Morgan fingerprint density at radius 2 is 1.78 bits per heavy atom. The number of nitrogens with zero attached hydrogens (tertiary/aromatic N) is 1. The second-order valence-electron chi connectivity index (χ2n) is 8.17. The van der Waals surface area contributed by atoms with Crippen molar-refractivity contribution in [3.8, 4) is 0 Å². The molecule has 6 rings (SSSR count). The van der Waals surface area contributed by atoms with Gasteiger partial charge in [0.15, 0.2) is 11.4 Å². The Balaban J connectivity index is 1.34. The Morgan fingerprint density at radius 1 is 1.13 bits per heavy atom. The van der Waals surface area contributed by atoms with Gasteiger partial charge >= 0.3 is 0 Å². The van der Waals surface area contributed by atoms with Gasteiger partial charge in [-0.2, -0.15) is 0 Å². The maximum absolute atomic E-state index is 12.6. The summed E-state index contributed by atoms with van der Waals surface area (Å²) in [6, 6.07) is 7.66. The lowest BCUT2D eigenvalue weighted by Crippen LogP contribution is -2.47. The van der Waals surface area contributed by atoms with Gasteiger partial charge in [0.1, 0.15) is 0 Å². The number of nitrogens with one attached hydrogen (secondary N) is 1. The molecule has 4 aliphatic carbocycles. The van der Waals surface area contributed by atoms with E-state index in [-0.39, 0.29) is 11.3 Å². The summed E-state index contributed by atoms with van der Waals surface area (Å²) in [5.41, 5.74) is 0.982. The van der Waals surface area contributed by atoms with Crippen LogP contribution in [0.15, 0.2) is 28.8 Å². The second kappa shape index (κ2) is 4.83. The number of carbonyl (C=O) groups is 1. The summed E-state index contributed by atoms with van der Waals surface area (Å²) in [5.74, 6) is 3.30. The zero-order valence-electron chi connectivity index (χ0n) is 13.3. The fourth-order valence-electron chi connectivity index (χ4n) is 6.00.